The van der Waals surface area contributed by atoms with Gasteiger partial charge < -0.3 is 10.0 Å². The second kappa shape index (κ2) is 6.12. The summed E-state index contributed by atoms with van der Waals surface area (Å²) in [5.74, 6) is -0.913. The van der Waals surface area contributed by atoms with Crippen LogP contribution in [0.3, 0.4) is 0 Å². The fourth-order valence-corrected chi connectivity index (χ4v) is 2.64. The quantitative estimate of drug-likeness (QED) is 0.852. The lowest BCUT2D eigenvalue weighted by atomic mass is 9.85. The first-order valence-electron chi connectivity index (χ1n) is 7.22. The molecule has 20 heavy (non-hydrogen) atoms. The number of anilines is 1. The zero-order valence-corrected chi connectivity index (χ0v) is 12.3. The van der Waals surface area contributed by atoms with E-state index in [1.165, 1.54) is 31.0 Å². The molecule has 1 aromatic rings. The number of carboxylic acids is 1. The van der Waals surface area contributed by atoms with Gasteiger partial charge >= 0.3 is 5.97 Å². The van der Waals surface area contributed by atoms with Crippen LogP contribution in [0.5, 0.6) is 0 Å². The van der Waals surface area contributed by atoms with Crippen LogP contribution in [-0.2, 0) is 4.79 Å². The Balaban J connectivity index is 2.04. The molecule has 0 unspecified atom stereocenters. The van der Waals surface area contributed by atoms with Crippen molar-refractivity contribution in [1.29, 1.82) is 0 Å². The van der Waals surface area contributed by atoms with Gasteiger partial charge in [-0.25, -0.2) is 4.79 Å². The van der Waals surface area contributed by atoms with Gasteiger partial charge in [-0.1, -0.05) is 26.0 Å². The molecule has 0 bridgehead atoms. The number of carbonyl (C=O) groups is 1. The average Bonchev–Trinajstić information content (AvgIpc) is 2.58. The third-order valence-electron chi connectivity index (χ3n) is 4.02. The molecule has 0 spiro atoms. The molecule has 2 rings (SSSR count). The molecule has 1 N–H and O–H groups in total. The summed E-state index contributed by atoms with van der Waals surface area (Å²) in [6.07, 6.45) is 6.52. The van der Waals surface area contributed by atoms with Gasteiger partial charge in [0.15, 0.2) is 0 Å². The first-order valence-corrected chi connectivity index (χ1v) is 7.22. The second-order valence-corrected chi connectivity index (χ2v) is 6.27. The largest absolute Gasteiger partial charge is 0.478 e. The lowest BCUT2D eigenvalue weighted by molar-refractivity contribution is -0.131. The minimum Gasteiger partial charge on any atom is -0.478 e. The third kappa shape index (κ3) is 4.12. The number of hydrogen-bond donors (Lipinski definition) is 1. The van der Waals surface area contributed by atoms with Crippen molar-refractivity contribution in [2.75, 3.05) is 18.0 Å². The minimum atomic E-state index is -0.913. The van der Waals surface area contributed by atoms with Gasteiger partial charge in [0, 0.05) is 24.9 Å². The molecule has 3 heteroatoms. The molecule has 0 atom stereocenters. The van der Waals surface area contributed by atoms with Crippen LogP contribution in [0.15, 0.2) is 30.3 Å². The summed E-state index contributed by atoms with van der Waals surface area (Å²) >= 11 is 0. The topological polar surface area (TPSA) is 40.5 Å². The third-order valence-corrected chi connectivity index (χ3v) is 4.02. The summed E-state index contributed by atoms with van der Waals surface area (Å²) in [6.45, 7) is 6.89. The van der Waals surface area contributed by atoms with Gasteiger partial charge in [0.1, 0.15) is 0 Å². The van der Waals surface area contributed by atoms with Crippen LogP contribution in [0.25, 0.3) is 6.08 Å². The van der Waals surface area contributed by atoms with Crippen molar-refractivity contribution in [1.82, 2.24) is 0 Å². The molecular weight excluding hydrogens is 250 g/mol. The van der Waals surface area contributed by atoms with Gasteiger partial charge in [0.2, 0.25) is 0 Å². The van der Waals surface area contributed by atoms with Gasteiger partial charge in [-0.2, -0.15) is 0 Å². The first kappa shape index (κ1) is 14.6. The van der Waals surface area contributed by atoms with Crippen LogP contribution < -0.4 is 4.90 Å². The number of hydrogen-bond acceptors (Lipinski definition) is 2. The van der Waals surface area contributed by atoms with Crippen molar-refractivity contribution in [3.63, 3.8) is 0 Å². The Hall–Kier alpha value is -1.77. The lowest BCUT2D eigenvalue weighted by Crippen LogP contribution is -2.24. The summed E-state index contributed by atoms with van der Waals surface area (Å²) in [5.41, 5.74) is 2.60. The highest BCUT2D eigenvalue weighted by Gasteiger charge is 2.22. The van der Waals surface area contributed by atoms with E-state index in [9.17, 15) is 4.79 Å². The normalized spacial score (nSPS) is 19.0. The summed E-state index contributed by atoms with van der Waals surface area (Å²) in [4.78, 5) is 12.9. The Bertz CT molecular complexity index is 488. The van der Waals surface area contributed by atoms with Crippen LogP contribution in [0, 0.1) is 5.41 Å². The molecule has 1 aromatic carbocycles. The van der Waals surface area contributed by atoms with Gasteiger partial charge in [0.05, 0.1) is 0 Å². The van der Waals surface area contributed by atoms with E-state index in [1.807, 2.05) is 12.1 Å². The predicted molar refractivity (Wildman–Crippen MR) is 83.0 cm³/mol. The van der Waals surface area contributed by atoms with E-state index in [2.05, 4.69) is 30.9 Å². The maximum Gasteiger partial charge on any atom is 0.328 e. The van der Waals surface area contributed by atoms with E-state index in [1.54, 1.807) is 6.08 Å². The van der Waals surface area contributed by atoms with E-state index in [0.717, 1.165) is 18.7 Å². The lowest BCUT2D eigenvalue weighted by Gasteiger charge is -2.25. The van der Waals surface area contributed by atoms with Crippen LogP contribution in [0.4, 0.5) is 5.69 Å². The van der Waals surface area contributed by atoms with Gasteiger partial charge in [-0.15, -0.1) is 0 Å². The van der Waals surface area contributed by atoms with Crippen molar-refractivity contribution < 1.29 is 9.90 Å². The molecule has 0 aromatic heterocycles. The van der Waals surface area contributed by atoms with E-state index in [4.69, 9.17) is 5.11 Å². The molecule has 0 radical (unpaired) electrons. The number of nitrogens with zero attached hydrogens (tertiary/aromatic N) is 1. The Kier molecular flexibility index (Phi) is 4.48. The van der Waals surface area contributed by atoms with Crippen LogP contribution in [-0.4, -0.2) is 24.2 Å². The van der Waals surface area contributed by atoms with Gasteiger partial charge in [-0.05, 0) is 48.4 Å². The molecule has 3 nitrogen and oxygen atoms in total. The van der Waals surface area contributed by atoms with Crippen molar-refractivity contribution in [2.24, 2.45) is 5.41 Å². The smallest absolute Gasteiger partial charge is 0.328 e. The summed E-state index contributed by atoms with van der Waals surface area (Å²) < 4.78 is 0. The predicted octanol–water partition coefficient (Wildman–Crippen LogP) is 3.80. The van der Waals surface area contributed by atoms with Crippen molar-refractivity contribution in [3.8, 4) is 0 Å². The molecule has 1 aliphatic rings. The number of carboxylic acid groups (broad SMARTS) is 1. The van der Waals surface area contributed by atoms with Crippen molar-refractivity contribution >= 4 is 17.7 Å². The highest BCUT2D eigenvalue weighted by Crippen LogP contribution is 2.31. The van der Waals surface area contributed by atoms with E-state index >= 15 is 0 Å². The van der Waals surface area contributed by atoms with Crippen molar-refractivity contribution in [2.45, 2.75) is 33.1 Å². The Morgan fingerprint density at radius 3 is 2.55 bits per heavy atom. The van der Waals surface area contributed by atoms with Gasteiger partial charge in [-0.3, -0.25) is 0 Å². The fraction of sp³-hybridized carbons (Fsp3) is 0.471. The zero-order valence-electron chi connectivity index (χ0n) is 12.3. The second-order valence-electron chi connectivity index (χ2n) is 6.27. The molecule has 1 aliphatic heterocycles. The Morgan fingerprint density at radius 1 is 1.20 bits per heavy atom. The maximum absolute atomic E-state index is 10.5. The molecular formula is C17H23NO2. The molecule has 0 aliphatic carbocycles. The van der Waals surface area contributed by atoms with Crippen LogP contribution in [0.2, 0.25) is 0 Å². The molecule has 0 amide bonds. The van der Waals surface area contributed by atoms with Gasteiger partial charge in [0.25, 0.3) is 0 Å². The Morgan fingerprint density at radius 2 is 1.90 bits per heavy atom. The standard InChI is InChI=1S/C17H23NO2/c1-17(2)10-3-12-18(13-11-17)15-7-4-14(5-8-15)6-9-16(19)20/h4-9H,3,10-13H2,1-2H3,(H,19,20). The average molecular weight is 273 g/mol. The summed E-state index contributed by atoms with van der Waals surface area (Å²) in [5, 5.41) is 8.62. The van der Waals surface area contributed by atoms with Crippen LogP contribution >= 0.6 is 0 Å². The highest BCUT2D eigenvalue weighted by molar-refractivity contribution is 5.85. The first-order chi connectivity index (χ1) is 9.46. The van der Waals surface area contributed by atoms with E-state index in [0.29, 0.717) is 5.41 Å². The summed E-state index contributed by atoms with van der Waals surface area (Å²) in [7, 11) is 0. The fourth-order valence-electron chi connectivity index (χ4n) is 2.64. The van der Waals surface area contributed by atoms with E-state index in [-0.39, 0.29) is 0 Å². The van der Waals surface area contributed by atoms with Crippen LogP contribution in [0.1, 0.15) is 38.7 Å². The van der Waals surface area contributed by atoms with Crippen molar-refractivity contribution in [3.05, 3.63) is 35.9 Å². The SMILES string of the molecule is CC1(C)CCCN(c2ccc(C=CC(=O)O)cc2)CC1. The summed E-state index contributed by atoms with van der Waals surface area (Å²) in [6, 6.07) is 8.12. The minimum absolute atomic E-state index is 0.443. The molecule has 1 heterocycles. The molecule has 108 valence electrons. The number of aliphatic carboxylic acids is 1. The monoisotopic (exact) mass is 273 g/mol. The molecule has 0 saturated carbocycles. The molecule has 1 saturated heterocycles. The highest BCUT2D eigenvalue weighted by atomic mass is 16.4. The Labute approximate surface area is 120 Å². The maximum atomic E-state index is 10.5. The van der Waals surface area contributed by atoms with E-state index < -0.39 is 5.97 Å². The number of rotatable bonds is 3. The molecule has 1 fully saturated rings. The number of benzene rings is 1. The zero-order chi connectivity index (χ0) is 14.6.